The summed E-state index contributed by atoms with van der Waals surface area (Å²) in [7, 11) is 0. The van der Waals surface area contributed by atoms with Crippen molar-refractivity contribution in [2.45, 2.75) is 6.04 Å². The summed E-state index contributed by atoms with van der Waals surface area (Å²) in [6.07, 6.45) is 0. The van der Waals surface area contributed by atoms with Crippen molar-refractivity contribution in [1.82, 2.24) is 0 Å². The number of halogens is 1. The van der Waals surface area contributed by atoms with Crippen molar-refractivity contribution in [2.24, 2.45) is 0 Å². The number of nitriles is 1. The molecule has 0 heterocycles. The lowest BCUT2D eigenvalue weighted by molar-refractivity contribution is 0.276. The highest BCUT2D eigenvalue weighted by Gasteiger charge is 2.13. The predicted octanol–water partition coefficient (Wildman–Crippen LogP) is 3.36. The van der Waals surface area contributed by atoms with Crippen molar-refractivity contribution >= 4 is 17.3 Å². The van der Waals surface area contributed by atoms with E-state index in [1.807, 2.05) is 30.3 Å². The van der Waals surface area contributed by atoms with Gasteiger partial charge in [0.25, 0.3) is 0 Å². The van der Waals surface area contributed by atoms with Gasteiger partial charge in [-0.15, -0.1) is 0 Å². The van der Waals surface area contributed by atoms with Gasteiger partial charge >= 0.3 is 0 Å². The van der Waals surface area contributed by atoms with E-state index in [-0.39, 0.29) is 12.6 Å². The Balaban J connectivity index is 2.30. The van der Waals surface area contributed by atoms with Gasteiger partial charge in [-0.1, -0.05) is 48.0 Å². The molecule has 0 aliphatic carbocycles. The van der Waals surface area contributed by atoms with E-state index < -0.39 is 0 Å². The number of hydrogen-bond donors (Lipinski definition) is 2. The van der Waals surface area contributed by atoms with Crippen LogP contribution in [0.1, 0.15) is 17.2 Å². The van der Waals surface area contributed by atoms with Crippen LogP contribution in [0.3, 0.4) is 0 Å². The second-order valence-corrected chi connectivity index (χ2v) is 4.47. The third-order valence-corrected chi connectivity index (χ3v) is 3.15. The van der Waals surface area contributed by atoms with Gasteiger partial charge in [0.2, 0.25) is 0 Å². The summed E-state index contributed by atoms with van der Waals surface area (Å²) >= 11 is 5.98. The lowest BCUT2D eigenvalue weighted by atomic mass is 10.1. The molecule has 2 aromatic carbocycles. The minimum Gasteiger partial charge on any atom is -0.394 e. The Hall–Kier alpha value is -2.02. The maximum atomic E-state index is 9.50. The molecule has 2 rings (SSSR count). The summed E-state index contributed by atoms with van der Waals surface area (Å²) in [6.45, 7) is -0.0681. The van der Waals surface area contributed by atoms with Gasteiger partial charge in [-0.05, 0) is 17.7 Å². The SMILES string of the molecule is N#Cc1c(Cl)cccc1NC(CO)c1ccccc1. The van der Waals surface area contributed by atoms with Gasteiger partial charge in [-0.3, -0.25) is 0 Å². The molecular weight excluding hydrogens is 260 g/mol. The number of benzene rings is 2. The van der Waals surface area contributed by atoms with Crippen LogP contribution in [0, 0.1) is 11.3 Å². The number of nitrogens with zero attached hydrogens (tertiary/aromatic N) is 1. The Morgan fingerprint density at radius 1 is 1.16 bits per heavy atom. The first-order chi connectivity index (χ1) is 9.26. The zero-order chi connectivity index (χ0) is 13.7. The van der Waals surface area contributed by atoms with E-state index in [4.69, 9.17) is 16.9 Å². The molecule has 0 saturated heterocycles. The molecule has 1 atom stereocenters. The fourth-order valence-electron chi connectivity index (χ4n) is 1.87. The Labute approximate surface area is 117 Å². The van der Waals surface area contributed by atoms with Crippen LogP contribution in [0.4, 0.5) is 5.69 Å². The first kappa shape index (κ1) is 13.4. The molecule has 96 valence electrons. The normalized spacial score (nSPS) is 11.6. The van der Waals surface area contributed by atoms with Crippen LogP contribution < -0.4 is 5.32 Å². The largest absolute Gasteiger partial charge is 0.394 e. The zero-order valence-electron chi connectivity index (χ0n) is 10.2. The quantitative estimate of drug-likeness (QED) is 0.897. The Morgan fingerprint density at radius 3 is 2.53 bits per heavy atom. The number of nitrogens with one attached hydrogen (secondary N) is 1. The van der Waals surface area contributed by atoms with Gasteiger partial charge in [0.15, 0.2) is 0 Å². The van der Waals surface area contributed by atoms with E-state index in [9.17, 15) is 5.11 Å². The van der Waals surface area contributed by atoms with Gasteiger partial charge in [0.1, 0.15) is 6.07 Å². The van der Waals surface area contributed by atoms with Crippen LogP contribution in [0.2, 0.25) is 5.02 Å². The van der Waals surface area contributed by atoms with Crippen LogP contribution in [0.15, 0.2) is 48.5 Å². The molecule has 0 fully saturated rings. The number of hydrogen-bond acceptors (Lipinski definition) is 3. The highest BCUT2D eigenvalue weighted by atomic mass is 35.5. The summed E-state index contributed by atoms with van der Waals surface area (Å²) in [6, 6.07) is 16.6. The number of aliphatic hydroxyl groups excluding tert-OH is 1. The van der Waals surface area contributed by atoms with Gasteiger partial charge in [-0.25, -0.2) is 0 Å². The number of aliphatic hydroxyl groups is 1. The summed E-state index contributed by atoms with van der Waals surface area (Å²) < 4.78 is 0. The fourth-order valence-corrected chi connectivity index (χ4v) is 2.08. The van der Waals surface area contributed by atoms with Gasteiger partial charge in [-0.2, -0.15) is 5.26 Å². The highest BCUT2D eigenvalue weighted by molar-refractivity contribution is 6.32. The van der Waals surface area contributed by atoms with Crippen LogP contribution >= 0.6 is 11.6 Å². The van der Waals surface area contributed by atoms with Gasteiger partial charge in [0.05, 0.1) is 28.9 Å². The molecule has 0 aromatic heterocycles. The molecule has 0 amide bonds. The van der Waals surface area contributed by atoms with Crippen molar-refractivity contribution < 1.29 is 5.11 Å². The van der Waals surface area contributed by atoms with Crippen molar-refractivity contribution in [1.29, 1.82) is 5.26 Å². The Bertz CT molecular complexity index is 593. The summed E-state index contributed by atoms with van der Waals surface area (Å²) in [4.78, 5) is 0. The molecule has 0 aliphatic rings. The highest BCUT2D eigenvalue weighted by Crippen LogP contribution is 2.27. The third kappa shape index (κ3) is 3.05. The molecule has 0 radical (unpaired) electrons. The molecule has 0 saturated carbocycles. The van der Waals surface area contributed by atoms with Crippen LogP contribution in [-0.4, -0.2) is 11.7 Å². The van der Waals surface area contributed by atoms with E-state index in [1.165, 1.54) is 0 Å². The first-order valence-corrected chi connectivity index (χ1v) is 6.25. The molecule has 0 bridgehead atoms. The number of rotatable bonds is 4. The Morgan fingerprint density at radius 2 is 1.89 bits per heavy atom. The smallest absolute Gasteiger partial charge is 0.103 e. The molecule has 0 aliphatic heterocycles. The van der Waals surface area contributed by atoms with Gasteiger partial charge < -0.3 is 10.4 Å². The lowest BCUT2D eigenvalue weighted by Crippen LogP contribution is -2.15. The summed E-state index contributed by atoms with van der Waals surface area (Å²) in [5.74, 6) is 0. The van der Waals surface area contributed by atoms with Crippen molar-refractivity contribution in [2.75, 3.05) is 11.9 Å². The molecule has 2 aromatic rings. The lowest BCUT2D eigenvalue weighted by Gasteiger charge is -2.19. The zero-order valence-corrected chi connectivity index (χ0v) is 10.9. The predicted molar refractivity (Wildman–Crippen MR) is 76.1 cm³/mol. The minimum atomic E-state index is -0.272. The first-order valence-electron chi connectivity index (χ1n) is 5.87. The molecule has 0 spiro atoms. The molecule has 4 heteroatoms. The van der Waals surface area contributed by atoms with Crippen molar-refractivity contribution in [3.05, 3.63) is 64.7 Å². The van der Waals surface area contributed by atoms with Crippen molar-refractivity contribution in [3.8, 4) is 6.07 Å². The summed E-state index contributed by atoms with van der Waals surface area (Å²) in [5.41, 5.74) is 1.96. The van der Waals surface area contributed by atoms with Crippen LogP contribution in [-0.2, 0) is 0 Å². The molecule has 2 N–H and O–H groups in total. The third-order valence-electron chi connectivity index (χ3n) is 2.84. The number of anilines is 1. The molecular formula is C15H13ClN2O. The second kappa shape index (κ2) is 6.24. The standard InChI is InChI=1S/C15H13ClN2O/c16-13-7-4-8-14(12(13)9-17)18-15(10-19)11-5-2-1-3-6-11/h1-8,15,18-19H,10H2. The van der Waals surface area contributed by atoms with Crippen LogP contribution in [0.5, 0.6) is 0 Å². The van der Waals surface area contributed by atoms with E-state index in [0.29, 0.717) is 16.3 Å². The average molecular weight is 273 g/mol. The van der Waals surface area contributed by atoms with E-state index in [1.54, 1.807) is 18.2 Å². The minimum absolute atomic E-state index is 0.0681. The molecule has 19 heavy (non-hydrogen) atoms. The maximum Gasteiger partial charge on any atom is 0.103 e. The van der Waals surface area contributed by atoms with Crippen molar-refractivity contribution in [3.63, 3.8) is 0 Å². The second-order valence-electron chi connectivity index (χ2n) is 4.06. The molecule has 1 unspecified atom stereocenters. The summed E-state index contributed by atoms with van der Waals surface area (Å²) in [5, 5.41) is 22.2. The topological polar surface area (TPSA) is 56.0 Å². The van der Waals surface area contributed by atoms with E-state index in [0.717, 1.165) is 5.56 Å². The van der Waals surface area contributed by atoms with Crippen LogP contribution in [0.25, 0.3) is 0 Å². The van der Waals surface area contributed by atoms with E-state index in [2.05, 4.69) is 11.4 Å². The monoisotopic (exact) mass is 272 g/mol. The van der Waals surface area contributed by atoms with E-state index >= 15 is 0 Å². The Kier molecular flexibility index (Phi) is 4.40. The molecule has 3 nitrogen and oxygen atoms in total. The fraction of sp³-hybridized carbons (Fsp3) is 0.133. The van der Waals surface area contributed by atoms with Gasteiger partial charge in [0, 0.05) is 0 Å². The maximum absolute atomic E-state index is 9.50. The average Bonchev–Trinajstić information content (AvgIpc) is 2.46.